The van der Waals surface area contributed by atoms with Crippen LogP contribution >= 0.6 is 0 Å². The highest BCUT2D eigenvalue weighted by atomic mass is 16.8. The number of carbonyl (C=O) groups is 3. The Morgan fingerprint density at radius 3 is 1.46 bits per heavy atom. The van der Waals surface area contributed by atoms with Crippen molar-refractivity contribution in [1.82, 2.24) is 10.6 Å². The van der Waals surface area contributed by atoms with Crippen molar-refractivity contribution in [2.45, 2.75) is 375 Å². The molecule has 3 saturated heterocycles. The van der Waals surface area contributed by atoms with Crippen LogP contribution in [0.2, 0.25) is 0 Å². The number of allylic oxidation sites excluding steroid dienone is 1. The van der Waals surface area contributed by atoms with E-state index in [2.05, 4.69) is 24.5 Å². The van der Waals surface area contributed by atoms with Crippen LogP contribution in [-0.2, 0) is 42.8 Å². The second-order valence-electron chi connectivity index (χ2n) is 26.1. The highest BCUT2D eigenvalue weighted by molar-refractivity contribution is 5.77. The summed E-state index contributed by atoms with van der Waals surface area (Å²) >= 11 is 0. The molecule has 0 spiro atoms. The standard InChI is InChI=1S/C68H126N2O21/c1-4-6-8-10-12-14-16-17-18-19-20-21-22-23-24-25-26-27-28-29-30-31-32-34-36-38-40-42-55(78)70-49(50(75)41-39-37-35-33-15-13-11-9-7-5-2)47-86-65-60(82)59(81)62(54(46-73)88-65)89-66-61(83)64(58(80)53(45-72)87-66)91-68(67(84)85)43-51(76)56(69-48(3)74)63(90-68)57(79)52(77)44-71/h39,41,49-54,56-66,71-73,75-77,79-83H,4-38,40,42-47H2,1-3H3,(H,69,74)(H,70,78)(H,84,85)/b41-39+. The molecule has 23 nitrogen and oxygen atoms in total. The third kappa shape index (κ3) is 31.5. The molecule has 14 N–H and O–H groups in total. The van der Waals surface area contributed by atoms with Gasteiger partial charge in [0, 0.05) is 19.8 Å². The molecule has 534 valence electrons. The lowest BCUT2D eigenvalue weighted by Crippen LogP contribution is -2.70. The van der Waals surface area contributed by atoms with Crippen molar-refractivity contribution in [1.29, 1.82) is 0 Å². The number of carbonyl (C=O) groups excluding carboxylic acids is 2. The molecule has 0 aromatic carbocycles. The van der Waals surface area contributed by atoms with Gasteiger partial charge in [0.05, 0.1) is 50.7 Å². The number of amides is 2. The van der Waals surface area contributed by atoms with Gasteiger partial charge in [0.15, 0.2) is 12.6 Å². The zero-order chi connectivity index (χ0) is 66.8. The fourth-order valence-electron chi connectivity index (χ4n) is 12.5. The predicted octanol–water partition coefficient (Wildman–Crippen LogP) is 6.68. The summed E-state index contributed by atoms with van der Waals surface area (Å²) < 4.78 is 34.7. The summed E-state index contributed by atoms with van der Waals surface area (Å²) in [5, 5.41) is 136. The van der Waals surface area contributed by atoms with Crippen LogP contribution in [-0.4, -0.2) is 215 Å². The fourth-order valence-corrected chi connectivity index (χ4v) is 12.5. The highest BCUT2D eigenvalue weighted by Crippen LogP contribution is 2.39. The molecular formula is C68H126N2O21. The number of aliphatic carboxylic acids is 1. The Morgan fingerprint density at radius 2 is 1.02 bits per heavy atom. The van der Waals surface area contributed by atoms with E-state index < -0.39 is 155 Å². The van der Waals surface area contributed by atoms with Crippen molar-refractivity contribution in [2.75, 3.05) is 26.4 Å². The first-order valence-corrected chi connectivity index (χ1v) is 35.6. The zero-order valence-corrected chi connectivity index (χ0v) is 55.7. The van der Waals surface area contributed by atoms with Gasteiger partial charge in [-0.1, -0.05) is 238 Å². The summed E-state index contributed by atoms with van der Waals surface area (Å²) in [6.07, 6.45) is 18.7. The Balaban J connectivity index is 1.51. The molecule has 0 saturated carbocycles. The van der Waals surface area contributed by atoms with Gasteiger partial charge >= 0.3 is 5.97 Å². The lowest BCUT2D eigenvalue weighted by molar-refractivity contribution is -0.386. The number of hydrogen-bond donors (Lipinski definition) is 14. The van der Waals surface area contributed by atoms with Crippen LogP contribution in [0.15, 0.2) is 12.2 Å². The minimum absolute atomic E-state index is 0.205. The average Bonchev–Trinajstić information content (AvgIpc) is 0.769. The third-order valence-electron chi connectivity index (χ3n) is 18.2. The van der Waals surface area contributed by atoms with Gasteiger partial charge in [0.25, 0.3) is 5.79 Å². The Morgan fingerprint density at radius 1 is 0.571 bits per heavy atom. The Kier molecular flexibility index (Phi) is 44.6. The maximum Gasteiger partial charge on any atom is 0.364 e. The van der Waals surface area contributed by atoms with Gasteiger partial charge in [0.2, 0.25) is 11.8 Å². The van der Waals surface area contributed by atoms with Crippen LogP contribution in [0.1, 0.15) is 265 Å². The number of aliphatic hydroxyl groups excluding tert-OH is 11. The van der Waals surface area contributed by atoms with E-state index in [0.717, 1.165) is 51.9 Å². The lowest BCUT2D eigenvalue weighted by Gasteiger charge is -2.50. The average molecular weight is 1310 g/mol. The molecule has 18 atom stereocenters. The SMILES string of the molecule is CCCCCCCCCC/C=C/C(O)C(COC1OC(CO)C(OC2OC(CO)C(O)C(OC3(C(=O)O)CC(O)C(NC(C)=O)C(C(O)C(O)CO)O3)C2O)C(O)C1O)NC(=O)CCCCCCCCCCCCCCCCCCCCCCCCCCCCC. The maximum atomic E-state index is 13.4. The predicted molar refractivity (Wildman–Crippen MR) is 343 cm³/mol. The molecule has 0 bridgehead atoms. The lowest BCUT2D eigenvalue weighted by atomic mass is 9.88. The van der Waals surface area contributed by atoms with Gasteiger partial charge < -0.3 is 100 Å². The molecule has 3 aliphatic rings. The number of nitrogens with one attached hydrogen (secondary N) is 2. The van der Waals surface area contributed by atoms with Crippen LogP contribution in [0, 0.1) is 0 Å². The molecule has 23 heteroatoms. The quantitative estimate of drug-likeness (QED) is 0.0223. The summed E-state index contributed by atoms with van der Waals surface area (Å²) in [5.41, 5.74) is 0. The molecule has 91 heavy (non-hydrogen) atoms. The topological polar surface area (TPSA) is 373 Å². The summed E-state index contributed by atoms with van der Waals surface area (Å²) in [5.74, 6) is -6.14. The van der Waals surface area contributed by atoms with Crippen molar-refractivity contribution >= 4 is 17.8 Å². The first-order chi connectivity index (χ1) is 43.9. The third-order valence-corrected chi connectivity index (χ3v) is 18.2. The molecule has 0 radical (unpaired) electrons. The molecule has 3 heterocycles. The van der Waals surface area contributed by atoms with Gasteiger partial charge in [-0.3, -0.25) is 9.59 Å². The van der Waals surface area contributed by atoms with Crippen molar-refractivity contribution in [2.24, 2.45) is 0 Å². The summed E-state index contributed by atoms with van der Waals surface area (Å²) in [6.45, 7) is 2.12. The van der Waals surface area contributed by atoms with Crippen molar-refractivity contribution in [3.63, 3.8) is 0 Å². The molecule has 18 unspecified atom stereocenters. The monoisotopic (exact) mass is 1310 g/mol. The van der Waals surface area contributed by atoms with Crippen LogP contribution in [0.4, 0.5) is 0 Å². The number of carboxylic acid groups (broad SMARTS) is 1. The normalized spacial score (nSPS) is 28.4. The molecular weight excluding hydrogens is 1180 g/mol. The van der Waals surface area contributed by atoms with E-state index in [-0.39, 0.29) is 12.3 Å². The maximum absolute atomic E-state index is 13.4. The van der Waals surface area contributed by atoms with E-state index in [1.165, 1.54) is 173 Å². The first-order valence-electron chi connectivity index (χ1n) is 35.6. The van der Waals surface area contributed by atoms with Gasteiger partial charge in [-0.05, 0) is 19.3 Å². The smallest absolute Gasteiger partial charge is 0.364 e. The van der Waals surface area contributed by atoms with Crippen LogP contribution < -0.4 is 10.6 Å². The summed E-state index contributed by atoms with van der Waals surface area (Å²) in [4.78, 5) is 38.5. The van der Waals surface area contributed by atoms with E-state index >= 15 is 0 Å². The minimum atomic E-state index is -3.08. The second kappa shape index (κ2) is 49.1. The Bertz CT molecular complexity index is 1890. The second-order valence-corrected chi connectivity index (χ2v) is 26.1. The molecule has 3 aliphatic heterocycles. The van der Waals surface area contributed by atoms with Crippen LogP contribution in [0.5, 0.6) is 0 Å². The summed E-state index contributed by atoms with van der Waals surface area (Å²) in [7, 11) is 0. The number of aliphatic hydroxyl groups is 11. The number of unbranched alkanes of at least 4 members (excludes halogenated alkanes) is 34. The molecule has 0 aromatic rings. The molecule has 3 rings (SSSR count). The Hall–Kier alpha value is -2.53. The number of rotatable bonds is 54. The minimum Gasteiger partial charge on any atom is -0.477 e. The van der Waals surface area contributed by atoms with E-state index in [0.29, 0.717) is 12.8 Å². The van der Waals surface area contributed by atoms with Gasteiger partial charge in [-0.2, -0.15) is 0 Å². The van der Waals surface area contributed by atoms with E-state index in [4.69, 9.17) is 28.4 Å². The fraction of sp³-hybridized carbons (Fsp3) is 0.926. The number of hydrogen-bond acceptors (Lipinski definition) is 20. The molecule has 3 fully saturated rings. The first kappa shape index (κ1) is 82.7. The van der Waals surface area contributed by atoms with E-state index in [1.54, 1.807) is 6.08 Å². The van der Waals surface area contributed by atoms with E-state index in [9.17, 15) is 75.7 Å². The van der Waals surface area contributed by atoms with Crippen LogP contribution in [0.3, 0.4) is 0 Å². The van der Waals surface area contributed by atoms with Gasteiger partial charge in [-0.15, -0.1) is 0 Å². The molecule has 0 aliphatic carbocycles. The highest BCUT2D eigenvalue weighted by Gasteiger charge is 2.60. The van der Waals surface area contributed by atoms with Gasteiger partial charge in [-0.25, -0.2) is 4.79 Å². The van der Waals surface area contributed by atoms with E-state index in [1.807, 2.05) is 6.08 Å². The molecule has 0 aromatic heterocycles. The molecule has 2 amide bonds. The van der Waals surface area contributed by atoms with Gasteiger partial charge in [0.1, 0.15) is 67.1 Å². The zero-order valence-electron chi connectivity index (χ0n) is 55.7. The summed E-state index contributed by atoms with van der Waals surface area (Å²) in [6, 6.07) is -2.61. The van der Waals surface area contributed by atoms with Crippen molar-refractivity contribution in [3.05, 3.63) is 12.2 Å². The number of carboxylic acids is 1. The Labute approximate surface area is 543 Å². The largest absolute Gasteiger partial charge is 0.477 e. The van der Waals surface area contributed by atoms with Crippen LogP contribution in [0.25, 0.3) is 0 Å². The van der Waals surface area contributed by atoms with Crippen molar-refractivity contribution in [3.8, 4) is 0 Å². The number of ether oxygens (including phenoxy) is 6. The van der Waals surface area contributed by atoms with Crippen molar-refractivity contribution < 1.29 is 104 Å².